The third kappa shape index (κ3) is 6.35. The number of amides is 1. The van der Waals surface area contributed by atoms with Gasteiger partial charge in [-0.05, 0) is 55.8 Å². The molecule has 0 heterocycles. The molecule has 2 aromatic rings. The van der Waals surface area contributed by atoms with Crippen LogP contribution in [0.2, 0.25) is 5.02 Å². The van der Waals surface area contributed by atoms with E-state index in [1.165, 1.54) is 31.3 Å². The van der Waals surface area contributed by atoms with Crippen LogP contribution in [-0.2, 0) is 21.4 Å². The van der Waals surface area contributed by atoms with E-state index in [1.54, 1.807) is 19.2 Å². The van der Waals surface area contributed by atoms with Crippen molar-refractivity contribution in [3.8, 4) is 11.5 Å². The summed E-state index contributed by atoms with van der Waals surface area (Å²) in [4.78, 5) is 12.3. The summed E-state index contributed by atoms with van der Waals surface area (Å²) in [6.07, 6.45) is 0.00702. The highest BCUT2D eigenvalue weighted by Crippen LogP contribution is 2.29. The lowest BCUT2D eigenvalue weighted by atomic mass is 10.2. The number of carbonyl (C=O) groups excluding carboxylic acids is 1. The predicted octanol–water partition coefficient (Wildman–Crippen LogP) is 3.07. The number of hydrogen-bond donors (Lipinski definition) is 1. The first-order chi connectivity index (χ1) is 13.6. The van der Waals surface area contributed by atoms with Gasteiger partial charge in [-0.2, -0.15) is 4.31 Å². The van der Waals surface area contributed by atoms with Crippen molar-refractivity contribution in [2.24, 2.45) is 0 Å². The predicted molar refractivity (Wildman–Crippen MR) is 112 cm³/mol. The normalized spacial score (nSPS) is 11.6. The molecular weight excluding hydrogens is 416 g/mol. The van der Waals surface area contributed by atoms with E-state index in [0.29, 0.717) is 16.5 Å². The summed E-state index contributed by atoms with van der Waals surface area (Å²) in [6, 6.07) is 11.1. The lowest BCUT2D eigenvalue weighted by Crippen LogP contribution is -2.38. The number of ether oxygens (including phenoxy) is 2. The molecule has 0 aliphatic rings. The standard InChI is InChI=1S/C20H25ClN2O5S/c1-14(2)28-18-10-5-15(11-19(18)27-4)12-22-20(24)13-23(3)29(25,26)17-8-6-16(21)7-9-17/h5-11,14H,12-13H2,1-4H3,(H,22,24). The summed E-state index contributed by atoms with van der Waals surface area (Å²) >= 11 is 5.79. The second-order valence-electron chi connectivity index (χ2n) is 6.64. The van der Waals surface area contributed by atoms with Gasteiger partial charge in [-0.1, -0.05) is 17.7 Å². The van der Waals surface area contributed by atoms with E-state index < -0.39 is 15.9 Å². The summed E-state index contributed by atoms with van der Waals surface area (Å²) in [5.41, 5.74) is 0.800. The van der Waals surface area contributed by atoms with Crippen molar-refractivity contribution < 1.29 is 22.7 Å². The Labute approximate surface area is 176 Å². The molecule has 0 saturated heterocycles. The minimum atomic E-state index is -3.78. The van der Waals surface area contributed by atoms with Gasteiger partial charge in [0.25, 0.3) is 0 Å². The van der Waals surface area contributed by atoms with E-state index in [-0.39, 0.29) is 24.1 Å². The maximum atomic E-state index is 12.5. The molecule has 0 spiro atoms. The molecule has 0 atom stereocenters. The maximum Gasteiger partial charge on any atom is 0.243 e. The Morgan fingerprint density at radius 2 is 1.79 bits per heavy atom. The van der Waals surface area contributed by atoms with Gasteiger partial charge in [-0.25, -0.2) is 8.42 Å². The number of benzene rings is 2. The van der Waals surface area contributed by atoms with Crippen LogP contribution in [-0.4, -0.2) is 45.4 Å². The van der Waals surface area contributed by atoms with Crippen LogP contribution in [0.3, 0.4) is 0 Å². The molecule has 0 aliphatic heterocycles. The summed E-state index contributed by atoms with van der Waals surface area (Å²) < 4.78 is 37.0. The Morgan fingerprint density at radius 3 is 2.38 bits per heavy atom. The molecule has 0 unspecified atom stereocenters. The molecule has 2 aromatic carbocycles. The Morgan fingerprint density at radius 1 is 1.14 bits per heavy atom. The first-order valence-corrected chi connectivity index (χ1v) is 10.8. The molecule has 9 heteroatoms. The summed E-state index contributed by atoms with van der Waals surface area (Å²) in [7, 11) is -0.889. The van der Waals surface area contributed by atoms with Gasteiger partial charge in [-0.3, -0.25) is 4.79 Å². The van der Waals surface area contributed by atoms with Gasteiger partial charge < -0.3 is 14.8 Å². The molecule has 2 rings (SSSR count). The van der Waals surface area contributed by atoms with Crippen LogP contribution < -0.4 is 14.8 Å². The molecule has 0 radical (unpaired) electrons. The monoisotopic (exact) mass is 440 g/mol. The SMILES string of the molecule is COc1cc(CNC(=O)CN(C)S(=O)(=O)c2ccc(Cl)cc2)ccc1OC(C)C. The number of nitrogens with zero attached hydrogens (tertiary/aromatic N) is 1. The van der Waals surface area contributed by atoms with Crippen LogP contribution >= 0.6 is 11.6 Å². The minimum Gasteiger partial charge on any atom is -0.493 e. The number of nitrogens with one attached hydrogen (secondary N) is 1. The summed E-state index contributed by atoms with van der Waals surface area (Å²) in [5.74, 6) is 0.755. The van der Waals surface area contributed by atoms with E-state index in [4.69, 9.17) is 21.1 Å². The van der Waals surface area contributed by atoms with E-state index >= 15 is 0 Å². The smallest absolute Gasteiger partial charge is 0.243 e. The van der Waals surface area contributed by atoms with Gasteiger partial charge in [0.15, 0.2) is 11.5 Å². The molecule has 29 heavy (non-hydrogen) atoms. The van der Waals surface area contributed by atoms with Crippen molar-refractivity contribution >= 4 is 27.5 Å². The van der Waals surface area contributed by atoms with Gasteiger partial charge in [0, 0.05) is 18.6 Å². The minimum absolute atomic E-state index is 0.00702. The Hall–Kier alpha value is -2.29. The molecule has 0 aromatic heterocycles. The molecule has 0 fully saturated rings. The third-order valence-electron chi connectivity index (χ3n) is 3.97. The fourth-order valence-corrected chi connectivity index (χ4v) is 3.76. The Bertz CT molecular complexity index is 946. The summed E-state index contributed by atoms with van der Waals surface area (Å²) in [5, 5.41) is 3.15. The van der Waals surface area contributed by atoms with Crippen molar-refractivity contribution in [1.82, 2.24) is 9.62 Å². The number of sulfonamides is 1. The van der Waals surface area contributed by atoms with Crippen LogP contribution in [0, 0.1) is 0 Å². The Balaban J connectivity index is 1.98. The molecule has 0 saturated carbocycles. The van der Waals surface area contributed by atoms with Crippen LogP contribution in [0.15, 0.2) is 47.4 Å². The number of rotatable bonds is 9. The van der Waals surface area contributed by atoms with Gasteiger partial charge >= 0.3 is 0 Å². The number of hydrogen-bond acceptors (Lipinski definition) is 5. The van der Waals surface area contributed by atoms with Gasteiger partial charge in [0.2, 0.25) is 15.9 Å². The number of methoxy groups -OCH3 is 1. The summed E-state index contributed by atoms with van der Waals surface area (Å²) in [6.45, 7) is 3.76. The highest BCUT2D eigenvalue weighted by Gasteiger charge is 2.22. The zero-order valence-corrected chi connectivity index (χ0v) is 18.4. The topological polar surface area (TPSA) is 84.9 Å². The van der Waals surface area contributed by atoms with E-state index in [0.717, 1.165) is 9.87 Å². The second-order valence-corrected chi connectivity index (χ2v) is 9.12. The lowest BCUT2D eigenvalue weighted by Gasteiger charge is -2.17. The molecular formula is C20H25ClN2O5S. The first-order valence-electron chi connectivity index (χ1n) is 8.95. The highest BCUT2D eigenvalue weighted by molar-refractivity contribution is 7.89. The highest BCUT2D eigenvalue weighted by atomic mass is 35.5. The molecule has 0 aliphatic carbocycles. The molecule has 7 nitrogen and oxygen atoms in total. The number of carbonyl (C=O) groups is 1. The van der Waals surface area contributed by atoms with Crippen molar-refractivity contribution in [1.29, 1.82) is 0 Å². The van der Waals surface area contributed by atoms with Gasteiger partial charge in [0.05, 0.1) is 24.7 Å². The quantitative estimate of drug-likeness (QED) is 0.647. The first kappa shape index (κ1) is 23.0. The van der Waals surface area contributed by atoms with Crippen molar-refractivity contribution in [3.05, 3.63) is 53.1 Å². The van der Waals surface area contributed by atoms with Crippen molar-refractivity contribution in [2.45, 2.75) is 31.4 Å². The number of halogens is 1. The van der Waals surface area contributed by atoms with Crippen LogP contribution in [0.1, 0.15) is 19.4 Å². The molecule has 1 N–H and O–H groups in total. The zero-order chi connectivity index (χ0) is 21.6. The van der Waals surface area contributed by atoms with Gasteiger partial charge in [0.1, 0.15) is 0 Å². The van der Waals surface area contributed by atoms with E-state index in [1.807, 2.05) is 19.9 Å². The third-order valence-corrected chi connectivity index (χ3v) is 6.04. The lowest BCUT2D eigenvalue weighted by molar-refractivity contribution is -0.121. The van der Waals surface area contributed by atoms with Crippen molar-refractivity contribution in [3.63, 3.8) is 0 Å². The fraction of sp³-hybridized carbons (Fsp3) is 0.350. The number of likely N-dealkylation sites (N-methyl/N-ethyl adjacent to an activating group) is 1. The van der Waals surface area contributed by atoms with Crippen molar-refractivity contribution in [2.75, 3.05) is 20.7 Å². The van der Waals surface area contributed by atoms with E-state index in [9.17, 15) is 13.2 Å². The van der Waals surface area contributed by atoms with Crippen LogP contribution in [0.5, 0.6) is 11.5 Å². The molecule has 1 amide bonds. The Kier molecular flexibility index (Phi) is 7.89. The van der Waals surface area contributed by atoms with Crippen LogP contribution in [0.25, 0.3) is 0 Å². The average Bonchev–Trinajstić information content (AvgIpc) is 2.67. The average molecular weight is 441 g/mol. The fourth-order valence-electron chi connectivity index (χ4n) is 2.50. The second kappa shape index (κ2) is 9.96. The maximum absolute atomic E-state index is 12.5. The molecule has 158 valence electrons. The van der Waals surface area contributed by atoms with Gasteiger partial charge in [-0.15, -0.1) is 0 Å². The zero-order valence-electron chi connectivity index (χ0n) is 16.8. The van der Waals surface area contributed by atoms with Crippen LogP contribution in [0.4, 0.5) is 0 Å². The largest absolute Gasteiger partial charge is 0.493 e. The van der Waals surface area contributed by atoms with E-state index in [2.05, 4.69) is 5.32 Å². The molecule has 0 bridgehead atoms.